The molecule has 3 aromatic rings. The van der Waals surface area contributed by atoms with Crippen LogP contribution in [0.25, 0.3) is 0 Å². The van der Waals surface area contributed by atoms with Crippen molar-refractivity contribution in [1.82, 2.24) is 4.90 Å². The lowest BCUT2D eigenvalue weighted by molar-refractivity contribution is -0.152. The Labute approximate surface area is 201 Å². The second-order valence-corrected chi connectivity index (χ2v) is 10.2. The summed E-state index contributed by atoms with van der Waals surface area (Å²) in [6, 6.07) is 25.9. The molecular formula is C27H29NO5S. The Morgan fingerprint density at radius 2 is 1.41 bits per heavy atom. The van der Waals surface area contributed by atoms with Gasteiger partial charge in [0.25, 0.3) is 5.91 Å². The molecule has 0 radical (unpaired) electrons. The summed E-state index contributed by atoms with van der Waals surface area (Å²) >= 11 is 0. The molecule has 0 saturated heterocycles. The molecule has 1 amide bonds. The molecule has 0 atom stereocenters. The Morgan fingerprint density at radius 1 is 0.824 bits per heavy atom. The molecule has 34 heavy (non-hydrogen) atoms. The van der Waals surface area contributed by atoms with Gasteiger partial charge in [-0.15, -0.1) is 0 Å². The summed E-state index contributed by atoms with van der Waals surface area (Å²) in [5.74, 6) is -1.41. The number of hydrogen-bond donors (Lipinski definition) is 0. The number of carbonyl (C=O) groups is 2. The van der Waals surface area contributed by atoms with Crippen LogP contribution >= 0.6 is 0 Å². The first-order valence-electron chi connectivity index (χ1n) is 11.1. The van der Waals surface area contributed by atoms with E-state index in [1.165, 1.54) is 12.1 Å². The Hall–Kier alpha value is -3.45. The van der Waals surface area contributed by atoms with E-state index in [1.807, 2.05) is 67.6 Å². The highest BCUT2D eigenvalue weighted by atomic mass is 32.2. The molecule has 0 N–H and O–H groups in total. The average molecular weight is 480 g/mol. The number of benzene rings is 3. The summed E-state index contributed by atoms with van der Waals surface area (Å²) in [5.41, 5.74) is 3.02. The van der Waals surface area contributed by atoms with Crippen LogP contribution in [0.15, 0.2) is 89.8 Å². The Kier molecular flexibility index (Phi) is 8.99. The van der Waals surface area contributed by atoms with Crippen molar-refractivity contribution in [2.75, 3.05) is 18.9 Å². The average Bonchev–Trinajstić information content (AvgIpc) is 2.85. The van der Waals surface area contributed by atoms with Crippen LogP contribution in [0.2, 0.25) is 0 Å². The minimum absolute atomic E-state index is 0.164. The second-order valence-electron chi connectivity index (χ2n) is 8.08. The SMILES string of the molecule is Cc1ccc(S(=O)(=O)CCC(=O)OCC(=O)N(CCc2ccccc2)Cc2ccccc2)cc1. The van der Waals surface area contributed by atoms with Crippen LogP contribution in [0.1, 0.15) is 23.1 Å². The van der Waals surface area contributed by atoms with Crippen molar-refractivity contribution >= 4 is 21.7 Å². The van der Waals surface area contributed by atoms with E-state index in [1.54, 1.807) is 17.0 Å². The summed E-state index contributed by atoms with van der Waals surface area (Å²) in [5, 5.41) is 0. The van der Waals surface area contributed by atoms with Gasteiger partial charge in [0.05, 0.1) is 17.1 Å². The molecule has 0 spiro atoms. The quantitative estimate of drug-likeness (QED) is 0.389. The topological polar surface area (TPSA) is 80.7 Å². The number of hydrogen-bond acceptors (Lipinski definition) is 5. The highest BCUT2D eigenvalue weighted by Crippen LogP contribution is 2.13. The van der Waals surface area contributed by atoms with E-state index >= 15 is 0 Å². The maximum atomic E-state index is 12.9. The van der Waals surface area contributed by atoms with E-state index in [2.05, 4.69) is 0 Å². The zero-order chi connectivity index (χ0) is 24.4. The molecule has 0 aromatic heterocycles. The van der Waals surface area contributed by atoms with E-state index in [-0.39, 0.29) is 23.0 Å². The van der Waals surface area contributed by atoms with Gasteiger partial charge in [-0.3, -0.25) is 9.59 Å². The molecule has 7 heteroatoms. The maximum absolute atomic E-state index is 12.9. The van der Waals surface area contributed by atoms with Crippen molar-refractivity contribution in [3.8, 4) is 0 Å². The highest BCUT2D eigenvalue weighted by Gasteiger charge is 2.19. The van der Waals surface area contributed by atoms with Crippen molar-refractivity contribution in [3.05, 3.63) is 102 Å². The van der Waals surface area contributed by atoms with Crippen LogP contribution in [-0.2, 0) is 37.1 Å². The third-order valence-electron chi connectivity index (χ3n) is 5.39. The number of nitrogens with zero attached hydrogens (tertiary/aromatic N) is 1. The third kappa shape index (κ3) is 7.85. The lowest BCUT2D eigenvalue weighted by Crippen LogP contribution is -2.36. The Morgan fingerprint density at radius 3 is 2.03 bits per heavy atom. The second kappa shape index (κ2) is 12.1. The van der Waals surface area contributed by atoms with E-state index < -0.39 is 22.4 Å². The van der Waals surface area contributed by atoms with Gasteiger partial charge in [0.1, 0.15) is 0 Å². The lowest BCUT2D eigenvalue weighted by Gasteiger charge is -2.23. The van der Waals surface area contributed by atoms with Crippen LogP contribution in [0, 0.1) is 6.92 Å². The Balaban J connectivity index is 1.54. The zero-order valence-electron chi connectivity index (χ0n) is 19.2. The van der Waals surface area contributed by atoms with Crippen LogP contribution in [0.5, 0.6) is 0 Å². The standard InChI is InChI=1S/C27H29NO5S/c1-22-12-14-25(15-13-22)34(31,32)19-17-27(30)33-21-26(29)28(20-24-10-6-3-7-11-24)18-16-23-8-4-2-5-9-23/h2-15H,16-21H2,1H3. The van der Waals surface area contributed by atoms with E-state index in [4.69, 9.17) is 4.74 Å². The van der Waals surface area contributed by atoms with Crippen LogP contribution in [0.4, 0.5) is 0 Å². The maximum Gasteiger partial charge on any atom is 0.307 e. The van der Waals surface area contributed by atoms with E-state index in [0.717, 1.165) is 16.7 Å². The molecule has 0 heterocycles. The molecule has 0 bridgehead atoms. The minimum Gasteiger partial charge on any atom is -0.456 e. The number of aryl methyl sites for hydroxylation is 1. The van der Waals surface area contributed by atoms with Gasteiger partial charge in [0.2, 0.25) is 0 Å². The first-order valence-corrected chi connectivity index (χ1v) is 12.8. The van der Waals surface area contributed by atoms with Crippen molar-refractivity contribution in [2.45, 2.75) is 31.2 Å². The van der Waals surface area contributed by atoms with Gasteiger partial charge in [-0.1, -0.05) is 78.4 Å². The first kappa shape index (κ1) is 25.2. The van der Waals surface area contributed by atoms with Crippen molar-refractivity contribution in [3.63, 3.8) is 0 Å². The molecule has 178 valence electrons. The van der Waals surface area contributed by atoms with Gasteiger partial charge >= 0.3 is 5.97 Å². The lowest BCUT2D eigenvalue weighted by atomic mass is 10.1. The number of amides is 1. The first-order chi connectivity index (χ1) is 16.3. The summed E-state index contributed by atoms with van der Waals surface area (Å²) < 4.78 is 30.0. The normalized spacial score (nSPS) is 11.1. The van der Waals surface area contributed by atoms with Gasteiger partial charge in [-0.05, 0) is 36.6 Å². The molecule has 3 aromatic carbocycles. The monoisotopic (exact) mass is 479 g/mol. The third-order valence-corrected chi connectivity index (χ3v) is 7.13. The number of rotatable bonds is 11. The van der Waals surface area contributed by atoms with Gasteiger partial charge in [0.15, 0.2) is 16.4 Å². The van der Waals surface area contributed by atoms with Gasteiger partial charge in [0, 0.05) is 13.1 Å². The fourth-order valence-electron chi connectivity index (χ4n) is 3.39. The van der Waals surface area contributed by atoms with Gasteiger partial charge in [-0.2, -0.15) is 0 Å². The summed E-state index contributed by atoms with van der Waals surface area (Å²) in [4.78, 5) is 26.9. The van der Waals surface area contributed by atoms with Crippen LogP contribution < -0.4 is 0 Å². The molecule has 0 aliphatic carbocycles. The van der Waals surface area contributed by atoms with Crippen molar-refractivity contribution < 1.29 is 22.7 Å². The van der Waals surface area contributed by atoms with Crippen LogP contribution in [-0.4, -0.2) is 44.1 Å². The van der Waals surface area contributed by atoms with E-state index in [0.29, 0.717) is 19.5 Å². The molecule has 0 unspecified atom stereocenters. The molecule has 6 nitrogen and oxygen atoms in total. The number of ether oxygens (including phenoxy) is 1. The van der Waals surface area contributed by atoms with Gasteiger partial charge < -0.3 is 9.64 Å². The summed E-state index contributed by atoms with van der Waals surface area (Å²) in [6.07, 6.45) is 0.355. The number of sulfone groups is 1. The number of carbonyl (C=O) groups excluding carboxylic acids is 2. The molecule has 0 aliphatic rings. The van der Waals surface area contributed by atoms with Crippen molar-refractivity contribution in [2.24, 2.45) is 0 Å². The number of esters is 1. The largest absolute Gasteiger partial charge is 0.456 e. The summed E-state index contributed by atoms with van der Waals surface area (Å²) in [7, 11) is -3.60. The smallest absolute Gasteiger partial charge is 0.307 e. The fourth-order valence-corrected chi connectivity index (χ4v) is 4.61. The molecule has 0 saturated carbocycles. The highest BCUT2D eigenvalue weighted by molar-refractivity contribution is 7.91. The predicted octanol–water partition coefficient (Wildman–Crippen LogP) is 3.97. The molecule has 3 rings (SSSR count). The molecular weight excluding hydrogens is 450 g/mol. The Bertz CT molecular complexity index is 1180. The zero-order valence-corrected chi connectivity index (χ0v) is 20.0. The van der Waals surface area contributed by atoms with Gasteiger partial charge in [-0.25, -0.2) is 8.42 Å². The fraction of sp³-hybridized carbons (Fsp3) is 0.259. The van der Waals surface area contributed by atoms with Crippen LogP contribution in [0.3, 0.4) is 0 Å². The molecule has 0 fully saturated rings. The predicted molar refractivity (Wildman–Crippen MR) is 131 cm³/mol. The molecule has 0 aliphatic heterocycles. The summed E-state index contributed by atoms with van der Waals surface area (Å²) in [6.45, 7) is 2.31. The van der Waals surface area contributed by atoms with E-state index in [9.17, 15) is 18.0 Å². The minimum atomic E-state index is -3.60. The van der Waals surface area contributed by atoms with Crippen molar-refractivity contribution in [1.29, 1.82) is 0 Å².